The van der Waals surface area contributed by atoms with Crippen LogP contribution in [0.25, 0.3) is 0 Å². The second-order valence-corrected chi connectivity index (χ2v) is 5.36. The molecule has 0 saturated heterocycles. The van der Waals surface area contributed by atoms with Gasteiger partial charge < -0.3 is 10.1 Å². The van der Waals surface area contributed by atoms with E-state index >= 15 is 0 Å². The van der Waals surface area contributed by atoms with Gasteiger partial charge in [0.05, 0.1) is 6.61 Å². The van der Waals surface area contributed by atoms with Crippen molar-refractivity contribution in [1.29, 1.82) is 0 Å². The first kappa shape index (κ1) is 13.1. The molecular weight excluding hydrogens is 248 g/mol. The summed E-state index contributed by atoms with van der Waals surface area (Å²) < 4.78 is 5.55. The Hall–Kier alpha value is -1.87. The maximum Gasteiger partial charge on any atom is 0.122 e. The lowest BCUT2D eigenvalue weighted by atomic mass is 10.0. The minimum Gasteiger partial charge on any atom is -0.493 e. The summed E-state index contributed by atoms with van der Waals surface area (Å²) in [5, 5.41) is 3.62. The first-order valence-electron chi connectivity index (χ1n) is 7.15. The Morgan fingerprint density at radius 2 is 2.00 bits per heavy atom. The molecule has 3 rings (SSSR count). The number of benzene rings is 1. The Morgan fingerprint density at radius 1 is 1.15 bits per heavy atom. The quantitative estimate of drug-likeness (QED) is 0.922. The van der Waals surface area contributed by atoms with Gasteiger partial charge in [0, 0.05) is 30.9 Å². The minimum absolute atomic E-state index is 0.281. The Morgan fingerprint density at radius 3 is 2.80 bits per heavy atom. The standard InChI is InChI=1S/C17H20N2O/c1-12(19-13(2)16-4-3-8-18-11-16)14-5-6-17-15(10-14)7-9-20-17/h3-6,8,10-13,19H,7,9H2,1-2H3/t12?,13-/m1/s1. The third-order valence-corrected chi connectivity index (χ3v) is 3.90. The predicted molar refractivity (Wildman–Crippen MR) is 79.8 cm³/mol. The van der Waals surface area contributed by atoms with Crippen molar-refractivity contribution in [3.8, 4) is 5.75 Å². The molecule has 104 valence electrons. The molecule has 3 nitrogen and oxygen atoms in total. The fraction of sp³-hybridized carbons (Fsp3) is 0.353. The highest BCUT2D eigenvalue weighted by molar-refractivity contribution is 5.40. The van der Waals surface area contributed by atoms with E-state index < -0.39 is 0 Å². The van der Waals surface area contributed by atoms with E-state index in [1.54, 1.807) is 6.20 Å². The smallest absolute Gasteiger partial charge is 0.122 e. The molecular formula is C17H20N2O. The van der Waals surface area contributed by atoms with E-state index in [4.69, 9.17) is 4.74 Å². The van der Waals surface area contributed by atoms with Crippen LogP contribution in [0.4, 0.5) is 0 Å². The lowest BCUT2D eigenvalue weighted by molar-refractivity contribution is 0.356. The third kappa shape index (κ3) is 2.68. The number of nitrogens with zero attached hydrogens (tertiary/aromatic N) is 1. The van der Waals surface area contributed by atoms with Crippen molar-refractivity contribution in [2.24, 2.45) is 0 Å². The van der Waals surface area contributed by atoms with Gasteiger partial charge in [-0.05, 0) is 42.7 Å². The molecule has 1 aromatic heterocycles. The number of rotatable bonds is 4. The highest BCUT2D eigenvalue weighted by Gasteiger charge is 2.16. The number of aromatic nitrogens is 1. The normalized spacial score (nSPS) is 16.3. The van der Waals surface area contributed by atoms with Crippen LogP contribution in [0.5, 0.6) is 5.75 Å². The summed E-state index contributed by atoms with van der Waals surface area (Å²) in [7, 11) is 0. The summed E-state index contributed by atoms with van der Waals surface area (Å²) in [6.07, 6.45) is 4.75. The molecule has 2 heterocycles. The van der Waals surface area contributed by atoms with Crippen LogP contribution in [0.2, 0.25) is 0 Å². The molecule has 2 atom stereocenters. The van der Waals surface area contributed by atoms with Gasteiger partial charge in [0.25, 0.3) is 0 Å². The first-order chi connectivity index (χ1) is 9.74. The van der Waals surface area contributed by atoms with Crippen LogP contribution >= 0.6 is 0 Å². The Labute approximate surface area is 120 Å². The molecule has 20 heavy (non-hydrogen) atoms. The van der Waals surface area contributed by atoms with E-state index in [1.165, 1.54) is 16.7 Å². The summed E-state index contributed by atoms with van der Waals surface area (Å²) in [4.78, 5) is 4.18. The molecule has 1 aliphatic rings. The SMILES string of the molecule is CC(N[C@H](C)c1cccnc1)c1ccc2c(c1)CCO2. The Kier molecular flexibility index (Phi) is 3.70. The second-order valence-electron chi connectivity index (χ2n) is 5.36. The average Bonchev–Trinajstić information content (AvgIpc) is 2.95. The van der Waals surface area contributed by atoms with Crippen molar-refractivity contribution in [3.05, 3.63) is 59.4 Å². The van der Waals surface area contributed by atoms with Gasteiger partial charge in [-0.1, -0.05) is 18.2 Å². The summed E-state index contributed by atoms with van der Waals surface area (Å²) >= 11 is 0. The Bertz CT molecular complexity index is 583. The van der Waals surface area contributed by atoms with E-state index in [0.717, 1.165) is 18.8 Å². The van der Waals surface area contributed by atoms with Crippen LogP contribution in [0.3, 0.4) is 0 Å². The molecule has 0 amide bonds. The molecule has 2 aromatic rings. The Balaban J connectivity index is 1.71. The third-order valence-electron chi connectivity index (χ3n) is 3.90. The van der Waals surface area contributed by atoms with Crippen molar-refractivity contribution in [2.45, 2.75) is 32.4 Å². The van der Waals surface area contributed by atoms with E-state index in [9.17, 15) is 0 Å². The molecule has 1 unspecified atom stereocenters. The fourth-order valence-electron chi connectivity index (χ4n) is 2.68. The van der Waals surface area contributed by atoms with Gasteiger partial charge in [0.2, 0.25) is 0 Å². The molecule has 0 fully saturated rings. The zero-order chi connectivity index (χ0) is 13.9. The predicted octanol–water partition coefficient (Wildman–Crippen LogP) is 3.43. The number of fused-ring (bicyclic) bond motifs is 1. The van der Waals surface area contributed by atoms with Crippen molar-refractivity contribution >= 4 is 0 Å². The topological polar surface area (TPSA) is 34.2 Å². The second kappa shape index (κ2) is 5.63. The van der Waals surface area contributed by atoms with Crippen molar-refractivity contribution in [1.82, 2.24) is 10.3 Å². The molecule has 0 bridgehead atoms. The number of hydrogen-bond donors (Lipinski definition) is 1. The lowest BCUT2D eigenvalue weighted by Crippen LogP contribution is -2.22. The van der Waals surface area contributed by atoms with Crippen LogP contribution in [-0.4, -0.2) is 11.6 Å². The van der Waals surface area contributed by atoms with Gasteiger partial charge >= 0.3 is 0 Å². The van der Waals surface area contributed by atoms with Gasteiger partial charge in [0.1, 0.15) is 5.75 Å². The molecule has 1 aromatic carbocycles. The summed E-state index contributed by atoms with van der Waals surface area (Å²) in [5.41, 5.74) is 3.85. The van der Waals surface area contributed by atoms with Gasteiger partial charge in [0.15, 0.2) is 0 Å². The van der Waals surface area contributed by atoms with Crippen molar-refractivity contribution in [3.63, 3.8) is 0 Å². The molecule has 0 radical (unpaired) electrons. The number of ether oxygens (including phenoxy) is 1. The van der Waals surface area contributed by atoms with Crippen LogP contribution in [0.1, 0.15) is 42.6 Å². The maximum atomic E-state index is 5.55. The van der Waals surface area contributed by atoms with E-state index in [1.807, 2.05) is 12.3 Å². The lowest BCUT2D eigenvalue weighted by Gasteiger charge is -2.21. The van der Waals surface area contributed by atoms with Gasteiger partial charge in [-0.25, -0.2) is 0 Å². The minimum atomic E-state index is 0.281. The van der Waals surface area contributed by atoms with Crippen LogP contribution < -0.4 is 10.1 Å². The number of nitrogens with one attached hydrogen (secondary N) is 1. The van der Waals surface area contributed by atoms with Crippen LogP contribution in [0.15, 0.2) is 42.7 Å². The zero-order valence-corrected chi connectivity index (χ0v) is 12.0. The number of hydrogen-bond acceptors (Lipinski definition) is 3. The molecule has 0 spiro atoms. The largest absolute Gasteiger partial charge is 0.493 e. The molecule has 3 heteroatoms. The molecule has 0 aliphatic carbocycles. The molecule has 1 aliphatic heterocycles. The van der Waals surface area contributed by atoms with Gasteiger partial charge in [-0.2, -0.15) is 0 Å². The van der Waals surface area contributed by atoms with Crippen LogP contribution in [-0.2, 0) is 6.42 Å². The van der Waals surface area contributed by atoms with Crippen molar-refractivity contribution < 1.29 is 4.74 Å². The highest BCUT2D eigenvalue weighted by Crippen LogP contribution is 2.28. The van der Waals surface area contributed by atoms with E-state index in [0.29, 0.717) is 6.04 Å². The van der Waals surface area contributed by atoms with Gasteiger partial charge in [-0.15, -0.1) is 0 Å². The summed E-state index contributed by atoms with van der Waals surface area (Å²) in [5.74, 6) is 1.04. The molecule has 1 N–H and O–H groups in total. The maximum absolute atomic E-state index is 5.55. The van der Waals surface area contributed by atoms with Crippen LogP contribution in [0, 0.1) is 0 Å². The van der Waals surface area contributed by atoms with E-state index in [2.05, 4.69) is 48.4 Å². The average molecular weight is 268 g/mol. The van der Waals surface area contributed by atoms with Crippen molar-refractivity contribution in [2.75, 3.05) is 6.61 Å². The molecule has 0 saturated carbocycles. The zero-order valence-electron chi connectivity index (χ0n) is 12.0. The van der Waals surface area contributed by atoms with Gasteiger partial charge in [-0.3, -0.25) is 4.98 Å². The monoisotopic (exact) mass is 268 g/mol. The first-order valence-corrected chi connectivity index (χ1v) is 7.15. The summed E-state index contributed by atoms with van der Waals surface area (Å²) in [6.45, 7) is 5.18. The summed E-state index contributed by atoms with van der Waals surface area (Å²) in [6, 6.07) is 11.2. The fourth-order valence-corrected chi connectivity index (χ4v) is 2.68. The highest BCUT2D eigenvalue weighted by atomic mass is 16.5. The number of pyridine rings is 1. The van der Waals surface area contributed by atoms with E-state index in [-0.39, 0.29) is 6.04 Å².